The van der Waals surface area contributed by atoms with Gasteiger partial charge in [0.2, 0.25) is 0 Å². The molecule has 88 valence electrons. The van der Waals surface area contributed by atoms with Gasteiger partial charge in [0.05, 0.1) is 13.2 Å². The Morgan fingerprint density at radius 3 is 2.40 bits per heavy atom. The predicted octanol–water partition coefficient (Wildman–Crippen LogP) is 2.57. The highest BCUT2D eigenvalue weighted by Crippen LogP contribution is 2.39. The second-order valence-electron chi connectivity index (χ2n) is 5.90. The highest BCUT2D eigenvalue weighted by molar-refractivity contribution is 4.86. The van der Waals surface area contributed by atoms with Gasteiger partial charge in [0, 0.05) is 5.41 Å². The van der Waals surface area contributed by atoms with Gasteiger partial charge < -0.3 is 10.5 Å². The zero-order valence-electron chi connectivity index (χ0n) is 10.0. The molecule has 1 atom stereocenters. The Morgan fingerprint density at radius 2 is 1.93 bits per heavy atom. The smallest absolute Gasteiger partial charge is 0.0542 e. The molecule has 0 spiro atoms. The van der Waals surface area contributed by atoms with Crippen LogP contribution in [0.1, 0.15) is 45.4 Å². The molecular formula is C13H25NO. The van der Waals surface area contributed by atoms with Crippen molar-refractivity contribution in [3.8, 4) is 0 Å². The van der Waals surface area contributed by atoms with Crippen LogP contribution < -0.4 is 5.73 Å². The lowest BCUT2D eigenvalue weighted by atomic mass is 9.71. The Balaban J connectivity index is 1.85. The fourth-order valence-corrected chi connectivity index (χ4v) is 3.25. The first-order chi connectivity index (χ1) is 7.23. The number of ether oxygens (including phenoxy) is 1. The normalized spacial score (nSPS) is 28.4. The Bertz CT molecular complexity index is 195. The monoisotopic (exact) mass is 211 g/mol. The molecule has 0 aromatic rings. The van der Waals surface area contributed by atoms with E-state index in [1.54, 1.807) is 0 Å². The topological polar surface area (TPSA) is 35.2 Å². The second-order valence-corrected chi connectivity index (χ2v) is 5.90. The molecule has 1 saturated heterocycles. The van der Waals surface area contributed by atoms with Crippen molar-refractivity contribution in [1.82, 2.24) is 0 Å². The molecule has 2 N–H and O–H groups in total. The minimum absolute atomic E-state index is 0.446. The fraction of sp³-hybridized carbons (Fsp3) is 1.00. The highest BCUT2D eigenvalue weighted by Gasteiger charge is 2.37. The maximum Gasteiger partial charge on any atom is 0.0542 e. The van der Waals surface area contributed by atoms with Crippen molar-refractivity contribution in [1.29, 1.82) is 0 Å². The summed E-state index contributed by atoms with van der Waals surface area (Å²) in [5.41, 5.74) is 6.39. The van der Waals surface area contributed by atoms with Crippen LogP contribution in [0.15, 0.2) is 0 Å². The molecule has 0 bridgehead atoms. The van der Waals surface area contributed by atoms with E-state index in [1.807, 2.05) is 0 Å². The zero-order chi connectivity index (χ0) is 10.7. The van der Waals surface area contributed by atoms with Gasteiger partial charge in [-0.3, -0.25) is 0 Å². The van der Waals surface area contributed by atoms with Gasteiger partial charge in [-0.2, -0.15) is 0 Å². The minimum Gasteiger partial charge on any atom is -0.380 e. The molecule has 1 unspecified atom stereocenters. The SMILES string of the molecule is CC1(CC(CN)C2CCCCC2)COC1. The molecule has 0 radical (unpaired) electrons. The van der Waals surface area contributed by atoms with Crippen LogP contribution in [0.3, 0.4) is 0 Å². The van der Waals surface area contributed by atoms with Gasteiger partial charge in [0.1, 0.15) is 0 Å². The third kappa shape index (κ3) is 2.73. The van der Waals surface area contributed by atoms with Crippen molar-refractivity contribution in [2.75, 3.05) is 19.8 Å². The largest absolute Gasteiger partial charge is 0.380 e. The van der Waals surface area contributed by atoms with Gasteiger partial charge in [-0.15, -0.1) is 0 Å². The summed E-state index contributed by atoms with van der Waals surface area (Å²) in [6.07, 6.45) is 8.41. The molecule has 15 heavy (non-hydrogen) atoms. The summed E-state index contributed by atoms with van der Waals surface area (Å²) in [7, 11) is 0. The Hall–Kier alpha value is -0.0800. The highest BCUT2D eigenvalue weighted by atomic mass is 16.5. The molecule has 0 amide bonds. The summed E-state index contributed by atoms with van der Waals surface area (Å²) in [5.74, 6) is 1.65. The Labute approximate surface area is 93.6 Å². The van der Waals surface area contributed by atoms with Crippen molar-refractivity contribution in [3.63, 3.8) is 0 Å². The first kappa shape index (κ1) is 11.4. The summed E-state index contributed by atoms with van der Waals surface area (Å²) < 4.78 is 5.33. The first-order valence-electron chi connectivity index (χ1n) is 6.51. The second kappa shape index (κ2) is 4.84. The van der Waals surface area contributed by atoms with E-state index in [2.05, 4.69) is 6.92 Å². The average Bonchev–Trinajstić information content (AvgIpc) is 2.25. The molecule has 2 heteroatoms. The van der Waals surface area contributed by atoms with E-state index in [1.165, 1.54) is 38.5 Å². The van der Waals surface area contributed by atoms with Crippen molar-refractivity contribution < 1.29 is 4.74 Å². The van der Waals surface area contributed by atoms with Crippen molar-refractivity contribution in [3.05, 3.63) is 0 Å². The fourth-order valence-electron chi connectivity index (χ4n) is 3.25. The summed E-state index contributed by atoms with van der Waals surface area (Å²) in [6, 6.07) is 0. The minimum atomic E-state index is 0.446. The van der Waals surface area contributed by atoms with Crippen LogP contribution in [0, 0.1) is 17.3 Å². The van der Waals surface area contributed by atoms with E-state index in [0.717, 1.165) is 31.6 Å². The van der Waals surface area contributed by atoms with E-state index in [-0.39, 0.29) is 0 Å². The molecule has 2 nitrogen and oxygen atoms in total. The van der Waals surface area contributed by atoms with E-state index < -0.39 is 0 Å². The zero-order valence-corrected chi connectivity index (χ0v) is 10.0. The maximum absolute atomic E-state index is 5.95. The van der Waals surface area contributed by atoms with E-state index in [4.69, 9.17) is 10.5 Å². The summed E-state index contributed by atoms with van der Waals surface area (Å²) in [6.45, 7) is 5.13. The third-order valence-corrected chi connectivity index (χ3v) is 4.28. The molecule has 2 aliphatic rings. The summed E-state index contributed by atoms with van der Waals surface area (Å²) >= 11 is 0. The van der Waals surface area contributed by atoms with E-state index in [0.29, 0.717) is 5.41 Å². The molecule has 1 aliphatic heterocycles. The van der Waals surface area contributed by atoms with Crippen LogP contribution in [0.5, 0.6) is 0 Å². The average molecular weight is 211 g/mol. The van der Waals surface area contributed by atoms with Gasteiger partial charge >= 0.3 is 0 Å². The van der Waals surface area contributed by atoms with Gasteiger partial charge in [0.25, 0.3) is 0 Å². The Morgan fingerprint density at radius 1 is 1.27 bits per heavy atom. The van der Waals surface area contributed by atoms with Gasteiger partial charge in [-0.1, -0.05) is 39.0 Å². The lowest BCUT2D eigenvalue weighted by Gasteiger charge is -2.42. The number of rotatable bonds is 4. The molecular weight excluding hydrogens is 186 g/mol. The van der Waals surface area contributed by atoms with Gasteiger partial charge in [-0.25, -0.2) is 0 Å². The van der Waals surface area contributed by atoms with Gasteiger partial charge in [-0.05, 0) is 24.8 Å². The molecule has 2 rings (SSSR count). The number of hydrogen-bond acceptors (Lipinski definition) is 2. The third-order valence-electron chi connectivity index (χ3n) is 4.28. The summed E-state index contributed by atoms with van der Waals surface area (Å²) in [5, 5.41) is 0. The molecule has 1 aliphatic carbocycles. The lowest BCUT2D eigenvalue weighted by Crippen LogP contribution is -2.43. The predicted molar refractivity (Wildman–Crippen MR) is 62.7 cm³/mol. The Kier molecular flexibility index (Phi) is 3.68. The number of hydrogen-bond donors (Lipinski definition) is 1. The van der Waals surface area contributed by atoms with Crippen molar-refractivity contribution in [2.45, 2.75) is 45.4 Å². The molecule has 0 aromatic heterocycles. The van der Waals surface area contributed by atoms with Crippen LogP contribution in [0.25, 0.3) is 0 Å². The van der Waals surface area contributed by atoms with Crippen LogP contribution in [0.4, 0.5) is 0 Å². The van der Waals surface area contributed by atoms with Crippen LogP contribution in [-0.4, -0.2) is 19.8 Å². The van der Waals surface area contributed by atoms with Gasteiger partial charge in [0.15, 0.2) is 0 Å². The quantitative estimate of drug-likeness (QED) is 0.775. The van der Waals surface area contributed by atoms with Crippen LogP contribution in [-0.2, 0) is 4.74 Å². The molecule has 1 heterocycles. The molecule has 0 aromatic carbocycles. The van der Waals surface area contributed by atoms with Crippen molar-refractivity contribution in [2.24, 2.45) is 23.0 Å². The van der Waals surface area contributed by atoms with E-state index >= 15 is 0 Å². The summed E-state index contributed by atoms with van der Waals surface area (Å²) in [4.78, 5) is 0. The van der Waals surface area contributed by atoms with Crippen molar-refractivity contribution >= 4 is 0 Å². The van der Waals surface area contributed by atoms with E-state index in [9.17, 15) is 0 Å². The molecule has 2 fully saturated rings. The number of nitrogens with two attached hydrogens (primary N) is 1. The molecule has 1 saturated carbocycles. The maximum atomic E-state index is 5.95. The van der Waals surface area contributed by atoms with Crippen LogP contribution in [0.2, 0.25) is 0 Å². The lowest BCUT2D eigenvalue weighted by molar-refractivity contribution is -0.116. The van der Waals surface area contributed by atoms with Crippen LogP contribution >= 0.6 is 0 Å². The standard InChI is InChI=1S/C13H25NO/c1-13(9-15-10-13)7-12(8-14)11-5-3-2-4-6-11/h11-12H,2-10,14H2,1H3. The first-order valence-corrected chi connectivity index (χ1v) is 6.51.